The second-order valence-corrected chi connectivity index (χ2v) is 5.69. The monoisotopic (exact) mass is 332 g/mol. The van der Waals surface area contributed by atoms with Crippen LogP contribution in [0.2, 0.25) is 0 Å². The average molecular weight is 332 g/mol. The number of H-pyrrole nitrogens is 1. The van der Waals surface area contributed by atoms with Gasteiger partial charge in [-0.2, -0.15) is 0 Å². The van der Waals surface area contributed by atoms with Crippen molar-refractivity contribution in [3.63, 3.8) is 0 Å². The van der Waals surface area contributed by atoms with E-state index in [9.17, 15) is 4.79 Å². The third kappa shape index (κ3) is 3.07. The number of nitrogens with two attached hydrogens (primary N) is 1. The number of carbonyl (C=O) groups excluding carboxylic acids is 1. The summed E-state index contributed by atoms with van der Waals surface area (Å²) in [4.78, 5) is 23.7. The first-order chi connectivity index (χ1) is 12.2. The molecule has 1 amide bonds. The number of aliphatic imine (C=N–C) groups is 1. The number of pyridine rings is 1. The van der Waals surface area contributed by atoms with Gasteiger partial charge in [0.1, 0.15) is 11.3 Å². The van der Waals surface area contributed by atoms with E-state index < -0.39 is 0 Å². The Morgan fingerprint density at radius 3 is 2.92 bits per heavy atom. The average Bonchev–Trinajstić information content (AvgIpc) is 3.18. The first-order valence-electron chi connectivity index (χ1n) is 7.81. The van der Waals surface area contributed by atoms with E-state index in [2.05, 4.69) is 25.6 Å². The van der Waals surface area contributed by atoms with Gasteiger partial charge in [0.25, 0.3) is 5.91 Å². The minimum Gasteiger partial charge on any atom is -0.397 e. The van der Waals surface area contributed by atoms with Crippen LogP contribution < -0.4 is 16.4 Å². The Hall–Kier alpha value is -3.61. The number of hydrogen-bond acceptors (Lipinski definition) is 5. The lowest BCUT2D eigenvalue weighted by molar-refractivity contribution is -0.115. The first-order valence-corrected chi connectivity index (χ1v) is 7.81. The molecule has 2 aromatic heterocycles. The fourth-order valence-corrected chi connectivity index (χ4v) is 2.64. The van der Waals surface area contributed by atoms with Gasteiger partial charge in [-0.15, -0.1) is 0 Å². The second kappa shape index (κ2) is 6.12. The predicted molar refractivity (Wildman–Crippen MR) is 97.3 cm³/mol. The van der Waals surface area contributed by atoms with Gasteiger partial charge in [0.2, 0.25) is 5.96 Å². The number of fused-ring (bicyclic) bond motifs is 1. The molecule has 0 saturated carbocycles. The fraction of sp³-hybridized carbons (Fsp3) is 0.0556. The molecule has 0 saturated heterocycles. The van der Waals surface area contributed by atoms with Crippen LogP contribution in [0.3, 0.4) is 0 Å². The van der Waals surface area contributed by atoms with Gasteiger partial charge >= 0.3 is 0 Å². The highest BCUT2D eigenvalue weighted by Gasteiger charge is 2.20. The molecule has 3 heterocycles. The highest BCUT2D eigenvalue weighted by atomic mass is 16.2. The summed E-state index contributed by atoms with van der Waals surface area (Å²) in [5.74, 6) is 0.194. The van der Waals surface area contributed by atoms with Gasteiger partial charge in [-0.05, 0) is 17.7 Å². The number of aromatic nitrogens is 2. The van der Waals surface area contributed by atoms with Crippen LogP contribution in [0, 0.1) is 0 Å². The molecule has 5 N–H and O–H groups in total. The maximum atomic E-state index is 12.1. The molecular weight excluding hydrogens is 316 g/mol. The number of nitrogens with one attached hydrogen (secondary N) is 3. The molecule has 0 radical (unpaired) electrons. The number of amides is 1. The molecule has 0 fully saturated rings. The molecule has 3 aromatic rings. The lowest BCUT2D eigenvalue weighted by Gasteiger charge is -2.04. The predicted octanol–water partition coefficient (Wildman–Crippen LogP) is 1.76. The Bertz CT molecular complexity index is 1000. The van der Waals surface area contributed by atoms with Crippen LogP contribution in [-0.2, 0) is 11.3 Å². The molecular formula is C18H16N6O. The Labute approximate surface area is 143 Å². The molecule has 0 bridgehead atoms. The maximum absolute atomic E-state index is 12.1. The molecule has 1 aliphatic heterocycles. The SMILES string of the molecule is Nc1cnc2[nH]cc(/C=C3\N=C(NCc4ccccc4)NC3=O)c2c1. The topological polar surface area (TPSA) is 108 Å². The van der Waals surface area contributed by atoms with Crippen LogP contribution in [0.5, 0.6) is 0 Å². The van der Waals surface area contributed by atoms with Crippen molar-refractivity contribution >= 4 is 34.7 Å². The van der Waals surface area contributed by atoms with Crippen molar-refractivity contribution in [3.8, 4) is 0 Å². The molecule has 4 rings (SSSR count). The van der Waals surface area contributed by atoms with Gasteiger partial charge in [0, 0.05) is 23.7 Å². The Morgan fingerprint density at radius 2 is 2.08 bits per heavy atom. The van der Waals surface area contributed by atoms with Crippen LogP contribution in [0.1, 0.15) is 11.1 Å². The smallest absolute Gasteiger partial charge is 0.276 e. The zero-order chi connectivity index (χ0) is 17.2. The summed E-state index contributed by atoms with van der Waals surface area (Å²) in [5.41, 5.74) is 9.32. The Morgan fingerprint density at radius 1 is 1.24 bits per heavy atom. The van der Waals surface area contributed by atoms with Crippen LogP contribution in [0.4, 0.5) is 5.69 Å². The number of benzene rings is 1. The van der Waals surface area contributed by atoms with Crippen LogP contribution in [0.15, 0.2) is 59.5 Å². The largest absolute Gasteiger partial charge is 0.397 e. The quantitative estimate of drug-likeness (QED) is 0.548. The molecule has 0 aliphatic carbocycles. The molecule has 1 aliphatic rings. The van der Waals surface area contributed by atoms with Crippen molar-refractivity contribution in [2.45, 2.75) is 6.54 Å². The summed E-state index contributed by atoms with van der Waals surface area (Å²) in [7, 11) is 0. The summed E-state index contributed by atoms with van der Waals surface area (Å²) in [6.45, 7) is 0.584. The zero-order valence-electron chi connectivity index (χ0n) is 13.3. The molecule has 7 heteroatoms. The normalized spacial score (nSPS) is 15.4. The molecule has 0 spiro atoms. The molecule has 1 aromatic carbocycles. The lowest BCUT2D eigenvalue weighted by atomic mass is 10.2. The van der Waals surface area contributed by atoms with Crippen LogP contribution in [-0.4, -0.2) is 21.8 Å². The third-order valence-electron chi connectivity index (χ3n) is 3.88. The summed E-state index contributed by atoms with van der Waals surface area (Å²) >= 11 is 0. The number of nitrogen functional groups attached to an aromatic ring is 1. The van der Waals surface area contributed by atoms with Gasteiger partial charge in [0.05, 0.1) is 11.9 Å². The van der Waals surface area contributed by atoms with E-state index in [4.69, 9.17) is 5.73 Å². The van der Waals surface area contributed by atoms with Gasteiger partial charge in [-0.25, -0.2) is 9.98 Å². The zero-order valence-corrected chi connectivity index (χ0v) is 13.3. The summed E-state index contributed by atoms with van der Waals surface area (Å²) in [6, 6.07) is 11.7. The van der Waals surface area contributed by atoms with E-state index in [1.54, 1.807) is 18.5 Å². The standard InChI is InChI=1S/C18H16N6O/c19-13-7-14-12(9-20-16(14)21-10-13)6-15-17(25)24-18(23-15)22-8-11-4-2-1-3-5-11/h1-7,9-10H,8,19H2,(H,20,21)(H2,22,23,24,25)/b15-6-. The minimum atomic E-state index is -0.248. The fourth-order valence-electron chi connectivity index (χ4n) is 2.64. The van der Waals surface area contributed by atoms with Crippen LogP contribution in [0.25, 0.3) is 17.1 Å². The van der Waals surface area contributed by atoms with Crippen molar-refractivity contribution < 1.29 is 4.79 Å². The van der Waals surface area contributed by atoms with Gasteiger partial charge in [0.15, 0.2) is 0 Å². The van der Waals surface area contributed by atoms with E-state index in [0.717, 1.165) is 16.5 Å². The Balaban J connectivity index is 1.56. The first kappa shape index (κ1) is 14.9. The number of aromatic amines is 1. The van der Waals surface area contributed by atoms with E-state index >= 15 is 0 Å². The van der Waals surface area contributed by atoms with Crippen molar-refractivity contribution in [3.05, 3.63) is 65.6 Å². The third-order valence-corrected chi connectivity index (χ3v) is 3.88. The molecule has 124 valence electrons. The molecule has 7 nitrogen and oxygen atoms in total. The number of carbonyl (C=O) groups is 1. The number of guanidine groups is 1. The van der Waals surface area contributed by atoms with Gasteiger partial charge < -0.3 is 16.0 Å². The number of hydrogen-bond donors (Lipinski definition) is 4. The number of anilines is 1. The van der Waals surface area contributed by atoms with Crippen LogP contribution >= 0.6 is 0 Å². The summed E-state index contributed by atoms with van der Waals surface area (Å²) in [5, 5.41) is 6.70. The van der Waals surface area contributed by atoms with Crippen molar-refractivity contribution in [2.24, 2.45) is 4.99 Å². The van der Waals surface area contributed by atoms with Crippen molar-refractivity contribution in [1.82, 2.24) is 20.6 Å². The van der Waals surface area contributed by atoms with Gasteiger partial charge in [-0.1, -0.05) is 30.3 Å². The second-order valence-electron chi connectivity index (χ2n) is 5.69. The summed E-state index contributed by atoms with van der Waals surface area (Å²) < 4.78 is 0. The van der Waals surface area contributed by atoms with E-state index in [-0.39, 0.29) is 5.91 Å². The molecule has 25 heavy (non-hydrogen) atoms. The maximum Gasteiger partial charge on any atom is 0.276 e. The Kier molecular flexibility index (Phi) is 3.66. The number of rotatable bonds is 3. The molecule has 0 atom stereocenters. The number of nitrogens with zero attached hydrogens (tertiary/aromatic N) is 2. The van der Waals surface area contributed by atoms with Gasteiger partial charge in [-0.3, -0.25) is 10.1 Å². The minimum absolute atomic E-state index is 0.248. The van der Waals surface area contributed by atoms with Crippen molar-refractivity contribution in [1.29, 1.82) is 0 Å². The molecule has 0 unspecified atom stereocenters. The van der Waals surface area contributed by atoms with E-state index in [1.165, 1.54) is 0 Å². The van der Waals surface area contributed by atoms with Crippen molar-refractivity contribution in [2.75, 3.05) is 5.73 Å². The van der Waals surface area contributed by atoms with E-state index in [1.807, 2.05) is 36.4 Å². The van der Waals surface area contributed by atoms with E-state index in [0.29, 0.717) is 29.5 Å². The highest BCUT2D eigenvalue weighted by Crippen LogP contribution is 2.22. The highest BCUT2D eigenvalue weighted by molar-refractivity contribution is 6.14. The lowest BCUT2D eigenvalue weighted by Crippen LogP contribution is -2.35. The summed E-state index contributed by atoms with van der Waals surface area (Å²) in [6.07, 6.45) is 5.08.